The molecule has 1 saturated heterocycles. The van der Waals surface area contributed by atoms with Gasteiger partial charge in [0.1, 0.15) is 18.0 Å². The maximum atomic E-state index is 13.7. The Labute approximate surface area is 206 Å². The minimum absolute atomic E-state index is 0.0250. The monoisotopic (exact) mass is 488 g/mol. The Morgan fingerprint density at radius 3 is 2.51 bits per heavy atom. The number of piperidine rings is 1. The number of aliphatic hydroxyl groups is 1. The van der Waals surface area contributed by atoms with Crippen LogP contribution < -0.4 is 4.74 Å². The molecule has 0 unspecified atom stereocenters. The third-order valence-electron chi connectivity index (χ3n) is 6.58. The Morgan fingerprint density at radius 2 is 1.89 bits per heavy atom. The Balaban J connectivity index is 1.83. The lowest BCUT2D eigenvalue weighted by atomic mass is 9.80. The van der Waals surface area contributed by atoms with Crippen LogP contribution in [0.25, 0.3) is 0 Å². The van der Waals surface area contributed by atoms with Crippen LogP contribution in [0.5, 0.6) is 5.75 Å². The summed E-state index contributed by atoms with van der Waals surface area (Å²) in [5.41, 5.74) is 0.305. The van der Waals surface area contributed by atoms with Crippen LogP contribution >= 0.6 is 0 Å². The second-order valence-corrected chi connectivity index (χ2v) is 9.22. The first-order chi connectivity index (χ1) is 16.8. The number of benzene rings is 1. The molecule has 9 nitrogen and oxygen atoms in total. The third kappa shape index (κ3) is 7.10. The molecule has 2 amide bonds. The van der Waals surface area contributed by atoms with Crippen LogP contribution in [0.15, 0.2) is 18.2 Å². The van der Waals surface area contributed by atoms with Crippen LogP contribution in [-0.4, -0.2) is 90.8 Å². The minimum atomic E-state index is -1.67. The zero-order valence-electron chi connectivity index (χ0n) is 20.6. The van der Waals surface area contributed by atoms with E-state index in [1.54, 1.807) is 19.1 Å². The summed E-state index contributed by atoms with van der Waals surface area (Å²) in [5.74, 6) is 1.74. The molecule has 3 rings (SSSR count). The van der Waals surface area contributed by atoms with Crippen molar-refractivity contribution in [3.63, 3.8) is 0 Å². The van der Waals surface area contributed by atoms with Gasteiger partial charge < -0.3 is 34.2 Å². The van der Waals surface area contributed by atoms with Crippen LogP contribution in [0.4, 0.5) is 4.79 Å². The first kappa shape index (κ1) is 26.8. The molecule has 2 aliphatic rings. The van der Waals surface area contributed by atoms with Gasteiger partial charge in [-0.1, -0.05) is 12.0 Å². The van der Waals surface area contributed by atoms with Crippen LogP contribution in [0.3, 0.4) is 0 Å². The smallest absolute Gasteiger partial charge is 0.407 e. The minimum Gasteiger partial charge on any atom is -0.491 e. The molecule has 0 bridgehead atoms. The third-order valence-corrected chi connectivity index (χ3v) is 6.58. The van der Waals surface area contributed by atoms with E-state index >= 15 is 0 Å². The Morgan fingerprint density at radius 1 is 1.17 bits per heavy atom. The number of nitrogens with zero attached hydrogens (tertiary/aromatic N) is 2. The normalized spacial score (nSPS) is 21.9. The zero-order chi connectivity index (χ0) is 25.4. The second-order valence-electron chi connectivity index (χ2n) is 9.22. The van der Waals surface area contributed by atoms with Gasteiger partial charge in [-0.05, 0) is 48.9 Å². The summed E-state index contributed by atoms with van der Waals surface area (Å²) in [5, 5.41) is 20.5. The quantitative estimate of drug-likeness (QED) is 0.343. The Kier molecular flexibility index (Phi) is 9.38. The van der Waals surface area contributed by atoms with Gasteiger partial charge >= 0.3 is 6.09 Å². The molecule has 1 aromatic rings. The molecule has 1 heterocycles. The van der Waals surface area contributed by atoms with Gasteiger partial charge in [-0.15, -0.1) is 6.42 Å². The van der Waals surface area contributed by atoms with Crippen molar-refractivity contribution < 1.29 is 34.0 Å². The van der Waals surface area contributed by atoms with Crippen LogP contribution in [0.1, 0.15) is 36.8 Å². The number of hydrogen-bond donors (Lipinski definition) is 2. The molecule has 0 spiro atoms. The predicted molar refractivity (Wildman–Crippen MR) is 129 cm³/mol. The summed E-state index contributed by atoms with van der Waals surface area (Å²) in [6.07, 6.45) is 7.89. The lowest BCUT2D eigenvalue weighted by Crippen LogP contribution is -2.58. The molecule has 2 fully saturated rings. The average Bonchev–Trinajstić information content (AvgIpc) is 3.68. The summed E-state index contributed by atoms with van der Waals surface area (Å²) < 4.78 is 16.1. The standard InChI is InChI=1S/C26H36N2O7/c1-4-26(32)9-10-27(25(30)31)18-23(26)24(29)28(21-7-8-21)17-20-14-19(6-5-11-33-2)15-22(16-20)35-13-12-34-3/h1,14-16,21,23,32H,5-13,17-18H2,2-3H3,(H,30,31)/t23-,26-/m1/s1. The summed E-state index contributed by atoms with van der Waals surface area (Å²) in [7, 11) is 3.28. The summed E-state index contributed by atoms with van der Waals surface area (Å²) in [4.78, 5) is 28.2. The molecule has 1 aromatic carbocycles. The number of amides is 2. The van der Waals surface area contributed by atoms with Crippen molar-refractivity contribution in [2.45, 2.75) is 50.3 Å². The Bertz CT molecular complexity index is 899. The average molecular weight is 489 g/mol. The maximum Gasteiger partial charge on any atom is 0.407 e. The summed E-state index contributed by atoms with van der Waals surface area (Å²) >= 11 is 0. The molecule has 2 N–H and O–H groups in total. The van der Waals surface area contributed by atoms with Crippen molar-refractivity contribution in [1.29, 1.82) is 0 Å². The first-order valence-corrected chi connectivity index (χ1v) is 12.0. The lowest BCUT2D eigenvalue weighted by Gasteiger charge is -2.41. The fraction of sp³-hybridized carbons (Fsp3) is 0.615. The number of rotatable bonds is 12. The van der Waals surface area contributed by atoms with Gasteiger partial charge in [0.25, 0.3) is 0 Å². The number of likely N-dealkylation sites (tertiary alicyclic amines) is 1. The highest BCUT2D eigenvalue weighted by Gasteiger charge is 2.49. The highest BCUT2D eigenvalue weighted by molar-refractivity contribution is 5.82. The van der Waals surface area contributed by atoms with Gasteiger partial charge in [0.15, 0.2) is 0 Å². The number of terminal acetylenes is 1. The zero-order valence-corrected chi connectivity index (χ0v) is 20.6. The van der Waals surface area contributed by atoms with Crippen LogP contribution in [0.2, 0.25) is 0 Å². The van der Waals surface area contributed by atoms with E-state index in [9.17, 15) is 19.8 Å². The van der Waals surface area contributed by atoms with E-state index in [0.717, 1.165) is 41.7 Å². The van der Waals surface area contributed by atoms with E-state index in [1.807, 2.05) is 12.1 Å². The molecule has 35 heavy (non-hydrogen) atoms. The topological polar surface area (TPSA) is 109 Å². The number of carbonyl (C=O) groups excluding carboxylic acids is 1. The highest BCUT2D eigenvalue weighted by Crippen LogP contribution is 2.35. The molecule has 2 atom stereocenters. The van der Waals surface area contributed by atoms with E-state index in [4.69, 9.17) is 20.6 Å². The number of carboxylic acid groups (broad SMARTS) is 1. The number of carbonyl (C=O) groups is 2. The molecule has 192 valence electrons. The van der Waals surface area contributed by atoms with Gasteiger partial charge in [-0.2, -0.15) is 0 Å². The molecular formula is C26H36N2O7. The summed E-state index contributed by atoms with van der Waals surface area (Å²) in [6, 6.07) is 6.00. The van der Waals surface area contributed by atoms with Gasteiger partial charge in [0.2, 0.25) is 5.91 Å². The van der Waals surface area contributed by atoms with E-state index in [1.165, 1.54) is 0 Å². The maximum absolute atomic E-state index is 13.7. The van der Waals surface area contributed by atoms with E-state index in [-0.39, 0.29) is 31.5 Å². The van der Waals surface area contributed by atoms with E-state index in [0.29, 0.717) is 32.1 Å². The van der Waals surface area contributed by atoms with Gasteiger partial charge in [-0.25, -0.2) is 4.79 Å². The number of methoxy groups -OCH3 is 2. The predicted octanol–water partition coefficient (Wildman–Crippen LogP) is 2.15. The molecule has 1 aliphatic carbocycles. The van der Waals surface area contributed by atoms with Crippen molar-refractivity contribution in [3.05, 3.63) is 29.3 Å². The number of hydrogen-bond acceptors (Lipinski definition) is 6. The van der Waals surface area contributed by atoms with Gasteiger partial charge in [-0.3, -0.25) is 4.79 Å². The molecule has 1 aliphatic heterocycles. The van der Waals surface area contributed by atoms with Crippen molar-refractivity contribution in [2.24, 2.45) is 5.92 Å². The van der Waals surface area contributed by atoms with Crippen LogP contribution in [-0.2, 0) is 27.2 Å². The Hall–Kier alpha value is -2.80. The second kappa shape index (κ2) is 12.2. The van der Waals surface area contributed by atoms with E-state index < -0.39 is 17.6 Å². The molecule has 1 saturated carbocycles. The fourth-order valence-electron chi connectivity index (χ4n) is 4.45. The van der Waals surface area contributed by atoms with Crippen molar-refractivity contribution >= 4 is 12.0 Å². The number of aryl methyl sites for hydroxylation is 1. The fourth-order valence-corrected chi connectivity index (χ4v) is 4.45. The van der Waals surface area contributed by atoms with Crippen LogP contribution in [0, 0.1) is 18.3 Å². The van der Waals surface area contributed by atoms with Crippen molar-refractivity contribution in [3.8, 4) is 18.1 Å². The first-order valence-electron chi connectivity index (χ1n) is 12.0. The highest BCUT2D eigenvalue weighted by atomic mass is 16.5. The lowest BCUT2D eigenvalue weighted by molar-refractivity contribution is -0.147. The van der Waals surface area contributed by atoms with Gasteiger partial charge in [0.05, 0.1) is 12.5 Å². The van der Waals surface area contributed by atoms with Gasteiger partial charge in [0, 0.05) is 52.9 Å². The SMILES string of the molecule is C#C[C@@]1(O)CCN(C(=O)O)C[C@@H]1C(=O)N(Cc1cc(CCCOC)cc(OCCOC)c1)C1CC1. The number of ether oxygens (including phenoxy) is 3. The molecule has 0 aromatic heterocycles. The molecule has 9 heteroatoms. The molecular weight excluding hydrogens is 452 g/mol. The van der Waals surface area contributed by atoms with Crippen molar-refractivity contribution in [2.75, 3.05) is 47.1 Å². The van der Waals surface area contributed by atoms with E-state index in [2.05, 4.69) is 12.0 Å². The largest absolute Gasteiger partial charge is 0.491 e. The molecule has 0 radical (unpaired) electrons. The van der Waals surface area contributed by atoms with Crippen molar-refractivity contribution in [1.82, 2.24) is 9.80 Å². The summed E-state index contributed by atoms with van der Waals surface area (Å²) in [6.45, 7) is 1.80.